The van der Waals surface area contributed by atoms with Crippen LogP contribution in [0.15, 0.2) is 77.4 Å². The zero-order chi connectivity index (χ0) is 18.7. The van der Waals surface area contributed by atoms with Crippen molar-refractivity contribution in [1.29, 1.82) is 0 Å². The molecular formula is C25H23NO2. The fourth-order valence-corrected chi connectivity index (χ4v) is 6.47. The summed E-state index contributed by atoms with van der Waals surface area (Å²) in [6.45, 7) is 0.648. The Bertz CT molecular complexity index is 1030. The number of nitrogens with zero attached hydrogens (tertiary/aromatic N) is 1. The molecular weight excluding hydrogens is 346 g/mol. The van der Waals surface area contributed by atoms with Crippen molar-refractivity contribution in [1.82, 2.24) is 4.90 Å². The summed E-state index contributed by atoms with van der Waals surface area (Å²) in [4.78, 5) is 15.8. The second-order valence-electron chi connectivity index (χ2n) is 8.51. The smallest absolute Gasteiger partial charge is 0.255 e. The van der Waals surface area contributed by atoms with Crippen LogP contribution in [0.2, 0.25) is 0 Å². The molecule has 1 aliphatic heterocycles. The molecule has 2 aromatic carbocycles. The summed E-state index contributed by atoms with van der Waals surface area (Å²) in [6, 6.07) is 22.8. The third kappa shape index (κ3) is 1.97. The first kappa shape index (κ1) is 16.2. The van der Waals surface area contributed by atoms with Crippen LogP contribution in [0.1, 0.15) is 52.4 Å². The normalized spacial score (nSPS) is 30.4. The van der Waals surface area contributed by atoms with Gasteiger partial charge in [0.2, 0.25) is 0 Å². The maximum atomic E-state index is 13.6. The van der Waals surface area contributed by atoms with Gasteiger partial charge in [-0.05, 0) is 60.4 Å². The minimum Gasteiger partial charge on any atom is -0.469 e. The highest BCUT2D eigenvalue weighted by Crippen LogP contribution is 2.68. The van der Waals surface area contributed by atoms with E-state index in [1.807, 2.05) is 24.3 Å². The van der Waals surface area contributed by atoms with Gasteiger partial charge in [0.15, 0.2) is 0 Å². The van der Waals surface area contributed by atoms with E-state index in [1.54, 1.807) is 6.26 Å². The zero-order valence-electron chi connectivity index (χ0n) is 15.8. The average molecular weight is 369 g/mol. The average Bonchev–Trinajstić information content (AvgIpc) is 3.51. The summed E-state index contributed by atoms with van der Waals surface area (Å²) in [5.41, 5.74) is 2.99. The van der Waals surface area contributed by atoms with E-state index in [0.717, 1.165) is 11.3 Å². The number of amides is 1. The van der Waals surface area contributed by atoms with Crippen LogP contribution in [0.5, 0.6) is 0 Å². The highest BCUT2D eigenvalue weighted by atomic mass is 16.3. The van der Waals surface area contributed by atoms with Gasteiger partial charge in [0, 0.05) is 18.0 Å². The SMILES string of the molecule is O=C1c2ccccc2C2(C3CCC(C3)C2c2ccco2)N1Cc1ccccc1. The highest BCUT2D eigenvalue weighted by molar-refractivity contribution is 6.00. The van der Waals surface area contributed by atoms with Crippen molar-refractivity contribution in [3.8, 4) is 0 Å². The van der Waals surface area contributed by atoms with Crippen LogP contribution in [-0.2, 0) is 12.1 Å². The number of rotatable bonds is 3. The van der Waals surface area contributed by atoms with Crippen LogP contribution in [0, 0.1) is 11.8 Å². The van der Waals surface area contributed by atoms with Crippen molar-refractivity contribution in [3.05, 3.63) is 95.4 Å². The van der Waals surface area contributed by atoms with Gasteiger partial charge in [-0.25, -0.2) is 0 Å². The lowest BCUT2D eigenvalue weighted by Crippen LogP contribution is -2.51. The Kier molecular flexibility index (Phi) is 3.37. The van der Waals surface area contributed by atoms with Gasteiger partial charge in [-0.1, -0.05) is 48.5 Å². The van der Waals surface area contributed by atoms with Crippen molar-refractivity contribution in [2.75, 3.05) is 0 Å². The molecule has 4 unspecified atom stereocenters. The van der Waals surface area contributed by atoms with Crippen LogP contribution in [0.4, 0.5) is 0 Å². The molecule has 2 saturated carbocycles. The second-order valence-corrected chi connectivity index (χ2v) is 8.51. The van der Waals surface area contributed by atoms with Crippen molar-refractivity contribution >= 4 is 5.91 Å². The Labute approximate surface area is 165 Å². The number of furan rings is 1. The van der Waals surface area contributed by atoms with E-state index in [4.69, 9.17) is 4.42 Å². The molecule has 6 rings (SSSR count). The molecule has 3 aromatic rings. The molecule has 0 radical (unpaired) electrons. The van der Waals surface area contributed by atoms with E-state index in [2.05, 4.69) is 47.4 Å². The monoisotopic (exact) mass is 369 g/mol. The molecule has 140 valence electrons. The quantitative estimate of drug-likeness (QED) is 0.624. The maximum Gasteiger partial charge on any atom is 0.255 e. The molecule has 0 N–H and O–H groups in total. The van der Waals surface area contributed by atoms with Crippen LogP contribution < -0.4 is 0 Å². The lowest BCUT2D eigenvalue weighted by atomic mass is 9.67. The summed E-state index contributed by atoms with van der Waals surface area (Å²) in [7, 11) is 0. The molecule has 2 heterocycles. The maximum absolute atomic E-state index is 13.6. The molecule has 4 atom stereocenters. The number of benzene rings is 2. The molecule has 2 fully saturated rings. The van der Waals surface area contributed by atoms with Crippen molar-refractivity contribution in [2.45, 2.75) is 37.3 Å². The van der Waals surface area contributed by atoms with Gasteiger partial charge < -0.3 is 9.32 Å². The Balaban J connectivity index is 1.57. The lowest BCUT2D eigenvalue weighted by Gasteiger charge is -2.47. The molecule has 2 aliphatic carbocycles. The highest BCUT2D eigenvalue weighted by Gasteiger charge is 2.67. The molecule has 0 saturated heterocycles. The van der Waals surface area contributed by atoms with Gasteiger partial charge in [0.1, 0.15) is 5.76 Å². The summed E-state index contributed by atoms with van der Waals surface area (Å²) in [6.07, 6.45) is 5.37. The van der Waals surface area contributed by atoms with Crippen LogP contribution >= 0.6 is 0 Å². The van der Waals surface area contributed by atoms with E-state index in [-0.39, 0.29) is 17.4 Å². The number of fused-ring (bicyclic) bond motifs is 5. The van der Waals surface area contributed by atoms with Crippen LogP contribution in [0.3, 0.4) is 0 Å². The van der Waals surface area contributed by atoms with Crippen molar-refractivity contribution < 1.29 is 9.21 Å². The first-order chi connectivity index (χ1) is 13.8. The summed E-state index contributed by atoms with van der Waals surface area (Å²) < 4.78 is 5.97. The van der Waals surface area contributed by atoms with Gasteiger partial charge in [0.25, 0.3) is 5.91 Å². The van der Waals surface area contributed by atoms with E-state index in [0.29, 0.717) is 18.4 Å². The van der Waals surface area contributed by atoms with E-state index < -0.39 is 0 Å². The lowest BCUT2D eigenvalue weighted by molar-refractivity contribution is 0.0167. The van der Waals surface area contributed by atoms with E-state index in [9.17, 15) is 4.79 Å². The van der Waals surface area contributed by atoms with Gasteiger partial charge in [-0.15, -0.1) is 0 Å². The molecule has 2 bridgehead atoms. The van der Waals surface area contributed by atoms with Crippen molar-refractivity contribution in [2.24, 2.45) is 11.8 Å². The van der Waals surface area contributed by atoms with E-state index >= 15 is 0 Å². The van der Waals surface area contributed by atoms with Gasteiger partial charge in [0.05, 0.1) is 11.8 Å². The molecule has 1 spiro atoms. The summed E-state index contributed by atoms with van der Waals surface area (Å²) in [5.74, 6) is 2.51. The topological polar surface area (TPSA) is 33.5 Å². The zero-order valence-corrected chi connectivity index (χ0v) is 15.8. The van der Waals surface area contributed by atoms with E-state index in [1.165, 1.54) is 30.4 Å². The third-order valence-electron chi connectivity index (χ3n) is 7.36. The number of carbonyl (C=O) groups excluding carboxylic acids is 1. The van der Waals surface area contributed by atoms with Crippen LogP contribution in [-0.4, -0.2) is 10.8 Å². The summed E-state index contributed by atoms with van der Waals surface area (Å²) >= 11 is 0. The standard InChI is InChI=1S/C25H23NO2/c27-24-20-9-4-5-10-21(20)25(26(24)16-17-7-2-1-3-8-17)19-13-12-18(15-19)23(25)22-11-6-14-28-22/h1-11,14,18-19,23H,12-13,15-16H2. The van der Waals surface area contributed by atoms with Gasteiger partial charge >= 0.3 is 0 Å². The van der Waals surface area contributed by atoms with Crippen molar-refractivity contribution in [3.63, 3.8) is 0 Å². The fourth-order valence-electron chi connectivity index (χ4n) is 6.47. The molecule has 1 aromatic heterocycles. The number of hydrogen-bond acceptors (Lipinski definition) is 2. The van der Waals surface area contributed by atoms with Crippen LogP contribution in [0.25, 0.3) is 0 Å². The largest absolute Gasteiger partial charge is 0.469 e. The Morgan fingerprint density at radius 1 is 0.964 bits per heavy atom. The molecule has 3 heteroatoms. The number of carbonyl (C=O) groups is 1. The van der Waals surface area contributed by atoms with Gasteiger partial charge in [-0.2, -0.15) is 0 Å². The molecule has 1 amide bonds. The first-order valence-corrected chi connectivity index (χ1v) is 10.3. The Hall–Kier alpha value is -2.81. The minimum atomic E-state index is -0.287. The fraction of sp³-hybridized carbons (Fsp3) is 0.320. The summed E-state index contributed by atoms with van der Waals surface area (Å²) in [5, 5.41) is 0. The Morgan fingerprint density at radius 2 is 1.79 bits per heavy atom. The Morgan fingerprint density at radius 3 is 2.61 bits per heavy atom. The third-order valence-corrected chi connectivity index (χ3v) is 7.36. The first-order valence-electron chi connectivity index (χ1n) is 10.3. The predicted octanol–water partition coefficient (Wildman–Crippen LogP) is 5.34. The molecule has 28 heavy (non-hydrogen) atoms. The minimum absolute atomic E-state index is 0.170. The molecule has 3 aliphatic rings. The molecule has 3 nitrogen and oxygen atoms in total. The second kappa shape index (κ2) is 5.84. The predicted molar refractivity (Wildman–Crippen MR) is 107 cm³/mol. The van der Waals surface area contributed by atoms with Gasteiger partial charge in [-0.3, -0.25) is 4.79 Å². The number of hydrogen-bond donors (Lipinski definition) is 0.